The first-order valence-corrected chi connectivity index (χ1v) is 10.4. The number of carbonyl (C=O) groups excluding carboxylic acids is 1. The van der Waals surface area contributed by atoms with E-state index in [-0.39, 0.29) is 6.42 Å². The predicted molar refractivity (Wildman–Crippen MR) is 103 cm³/mol. The minimum Gasteiger partial charge on any atom is -0.455 e. The average molecular weight is 470 g/mol. The SMILES string of the molecule is NCCCC[C@H](N)C(=O)O[C@@H]1[C@@H](O)[C@@H](O[C@H]2[C@H](O)[C@@H](O)[C@H](O)O[C@@H]2CO)O[C@H](CO)[C@H]1O. The zero-order valence-electron chi connectivity index (χ0n) is 17.4. The number of nitrogens with two attached hydrogens (primary N) is 2. The highest BCUT2D eigenvalue weighted by Crippen LogP contribution is 2.30. The largest absolute Gasteiger partial charge is 0.455 e. The molecule has 188 valence electrons. The molecular formula is C18H34N2O12. The summed E-state index contributed by atoms with van der Waals surface area (Å²) in [4.78, 5) is 12.3. The summed E-state index contributed by atoms with van der Waals surface area (Å²) in [5.41, 5.74) is 11.2. The molecule has 0 aromatic heterocycles. The van der Waals surface area contributed by atoms with Gasteiger partial charge in [-0.3, -0.25) is 4.79 Å². The van der Waals surface area contributed by atoms with Gasteiger partial charge >= 0.3 is 5.97 Å². The number of rotatable bonds is 10. The molecule has 11 N–H and O–H groups in total. The van der Waals surface area contributed by atoms with Gasteiger partial charge in [-0.05, 0) is 19.4 Å². The third kappa shape index (κ3) is 6.31. The van der Waals surface area contributed by atoms with E-state index in [1.807, 2.05) is 0 Å². The summed E-state index contributed by atoms with van der Waals surface area (Å²) >= 11 is 0. The van der Waals surface area contributed by atoms with E-state index in [0.717, 1.165) is 0 Å². The Morgan fingerprint density at radius 3 is 2.12 bits per heavy atom. The lowest BCUT2D eigenvalue weighted by Crippen LogP contribution is -2.65. The van der Waals surface area contributed by atoms with Crippen molar-refractivity contribution in [2.24, 2.45) is 11.5 Å². The normalized spacial score (nSPS) is 41.3. The van der Waals surface area contributed by atoms with E-state index >= 15 is 0 Å². The van der Waals surface area contributed by atoms with Crippen LogP contribution in [0.25, 0.3) is 0 Å². The number of esters is 1. The molecule has 32 heavy (non-hydrogen) atoms. The lowest BCUT2D eigenvalue weighted by atomic mass is 9.96. The van der Waals surface area contributed by atoms with Gasteiger partial charge in [-0.15, -0.1) is 0 Å². The molecule has 2 saturated heterocycles. The van der Waals surface area contributed by atoms with Gasteiger partial charge in [0.25, 0.3) is 0 Å². The number of hydrogen-bond acceptors (Lipinski definition) is 14. The maximum Gasteiger partial charge on any atom is 0.323 e. The molecule has 0 radical (unpaired) electrons. The van der Waals surface area contributed by atoms with Gasteiger partial charge < -0.3 is 66.2 Å². The van der Waals surface area contributed by atoms with Crippen LogP contribution in [0.1, 0.15) is 19.3 Å². The van der Waals surface area contributed by atoms with E-state index in [0.29, 0.717) is 19.4 Å². The molecule has 11 atom stereocenters. The Labute approximate surface area is 184 Å². The Morgan fingerprint density at radius 1 is 0.875 bits per heavy atom. The second-order valence-corrected chi connectivity index (χ2v) is 7.83. The van der Waals surface area contributed by atoms with Crippen molar-refractivity contribution in [1.29, 1.82) is 0 Å². The molecule has 14 nitrogen and oxygen atoms in total. The molecular weight excluding hydrogens is 436 g/mol. The van der Waals surface area contributed by atoms with Crippen molar-refractivity contribution in [3.05, 3.63) is 0 Å². The maximum absolute atomic E-state index is 12.3. The van der Waals surface area contributed by atoms with E-state index in [4.69, 9.17) is 30.4 Å². The monoisotopic (exact) mass is 470 g/mol. The van der Waals surface area contributed by atoms with Crippen molar-refractivity contribution in [3.8, 4) is 0 Å². The highest BCUT2D eigenvalue weighted by Gasteiger charge is 2.51. The van der Waals surface area contributed by atoms with Gasteiger partial charge in [0.2, 0.25) is 0 Å². The first-order valence-electron chi connectivity index (χ1n) is 10.4. The van der Waals surface area contributed by atoms with Crippen LogP contribution in [0.15, 0.2) is 0 Å². The number of hydrogen-bond donors (Lipinski definition) is 9. The van der Waals surface area contributed by atoms with Crippen LogP contribution in [0.2, 0.25) is 0 Å². The number of ether oxygens (including phenoxy) is 4. The first-order chi connectivity index (χ1) is 15.2. The molecule has 2 rings (SSSR count). The van der Waals surface area contributed by atoms with Crippen LogP contribution in [-0.2, 0) is 23.7 Å². The topological polar surface area (TPSA) is 248 Å². The fourth-order valence-corrected chi connectivity index (χ4v) is 3.54. The van der Waals surface area contributed by atoms with Gasteiger partial charge in [-0.2, -0.15) is 0 Å². The summed E-state index contributed by atoms with van der Waals surface area (Å²) in [6, 6.07) is -1.04. The van der Waals surface area contributed by atoms with Gasteiger partial charge in [-0.25, -0.2) is 0 Å². The molecule has 0 saturated carbocycles. The van der Waals surface area contributed by atoms with Gasteiger partial charge in [-0.1, -0.05) is 6.42 Å². The Kier molecular flexibility index (Phi) is 10.6. The van der Waals surface area contributed by atoms with E-state index in [1.54, 1.807) is 0 Å². The molecule has 0 aromatic rings. The van der Waals surface area contributed by atoms with E-state index in [1.165, 1.54) is 0 Å². The molecule has 14 heteroatoms. The Morgan fingerprint density at radius 2 is 1.53 bits per heavy atom. The Hall–Kier alpha value is -1.01. The predicted octanol–water partition coefficient (Wildman–Crippen LogP) is -5.39. The van der Waals surface area contributed by atoms with Gasteiger partial charge in [0.15, 0.2) is 18.7 Å². The molecule has 2 fully saturated rings. The lowest BCUT2D eigenvalue weighted by Gasteiger charge is -2.45. The van der Waals surface area contributed by atoms with Crippen LogP contribution >= 0.6 is 0 Å². The molecule has 2 aliphatic rings. The van der Waals surface area contributed by atoms with Crippen LogP contribution in [0.4, 0.5) is 0 Å². The maximum atomic E-state index is 12.3. The van der Waals surface area contributed by atoms with Gasteiger partial charge in [0.1, 0.15) is 48.8 Å². The van der Waals surface area contributed by atoms with Crippen molar-refractivity contribution >= 4 is 5.97 Å². The van der Waals surface area contributed by atoms with Crippen LogP contribution in [-0.4, -0.2) is 129 Å². The Balaban J connectivity index is 2.12. The highest BCUT2D eigenvalue weighted by atomic mass is 16.7. The smallest absolute Gasteiger partial charge is 0.323 e. The van der Waals surface area contributed by atoms with Gasteiger partial charge in [0.05, 0.1) is 13.2 Å². The zero-order chi connectivity index (χ0) is 24.0. The number of aliphatic hydroxyl groups is 7. The second-order valence-electron chi connectivity index (χ2n) is 7.83. The number of carbonyl (C=O) groups is 1. The van der Waals surface area contributed by atoms with E-state index in [2.05, 4.69) is 0 Å². The number of aliphatic hydroxyl groups excluding tert-OH is 7. The fourth-order valence-electron chi connectivity index (χ4n) is 3.54. The number of unbranched alkanes of at least 4 members (excludes halogenated alkanes) is 1. The molecule has 2 heterocycles. The molecule has 0 bridgehead atoms. The zero-order valence-corrected chi connectivity index (χ0v) is 17.4. The summed E-state index contributed by atoms with van der Waals surface area (Å²) in [7, 11) is 0. The molecule has 0 amide bonds. The standard InChI is InChI=1S/C18H34N2O12/c19-4-2-1-3-7(20)16(27)31-15-10(23)8(5-21)30-18(13(15)26)32-14-9(6-22)29-17(28)12(25)11(14)24/h7-15,17-18,21-26,28H,1-6,19-20H2/t7-,8+,9+,10+,11+,12+,13+,14+,15-,17+,18+/m0/s1. The van der Waals surface area contributed by atoms with Crippen molar-refractivity contribution in [1.82, 2.24) is 0 Å². The van der Waals surface area contributed by atoms with E-state index < -0.39 is 86.6 Å². The van der Waals surface area contributed by atoms with Crippen molar-refractivity contribution < 1.29 is 59.5 Å². The molecule has 0 spiro atoms. The quantitative estimate of drug-likeness (QED) is 0.107. The third-order valence-corrected chi connectivity index (χ3v) is 5.48. The summed E-state index contributed by atoms with van der Waals surface area (Å²) in [6.45, 7) is -1.04. The average Bonchev–Trinajstić information content (AvgIpc) is 2.78. The minimum atomic E-state index is -1.80. The van der Waals surface area contributed by atoms with Crippen LogP contribution in [0, 0.1) is 0 Å². The van der Waals surface area contributed by atoms with Crippen molar-refractivity contribution in [2.45, 2.75) is 86.7 Å². The van der Waals surface area contributed by atoms with Crippen molar-refractivity contribution in [3.63, 3.8) is 0 Å². The third-order valence-electron chi connectivity index (χ3n) is 5.48. The van der Waals surface area contributed by atoms with Crippen LogP contribution in [0.3, 0.4) is 0 Å². The second kappa shape index (κ2) is 12.5. The lowest BCUT2D eigenvalue weighted by molar-refractivity contribution is -0.355. The molecule has 0 aromatic carbocycles. The first kappa shape index (κ1) is 27.2. The summed E-state index contributed by atoms with van der Waals surface area (Å²) < 4.78 is 20.9. The van der Waals surface area contributed by atoms with Crippen LogP contribution < -0.4 is 11.5 Å². The van der Waals surface area contributed by atoms with Gasteiger partial charge in [0, 0.05) is 0 Å². The summed E-state index contributed by atoms with van der Waals surface area (Å²) in [6.07, 6.45) is -14.7. The minimum absolute atomic E-state index is 0.263. The van der Waals surface area contributed by atoms with E-state index in [9.17, 15) is 40.5 Å². The molecule has 0 unspecified atom stereocenters. The summed E-state index contributed by atoms with van der Waals surface area (Å²) in [5, 5.41) is 69.6. The van der Waals surface area contributed by atoms with Crippen LogP contribution in [0.5, 0.6) is 0 Å². The molecule has 0 aliphatic carbocycles. The molecule has 2 aliphatic heterocycles. The Bertz CT molecular complexity index is 584. The highest BCUT2D eigenvalue weighted by molar-refractivity contribution is 5.75. The summed E-state index contributed by atoms with van der Waals surface area (Å²) in [5.74, 6) is -0.907. The fraction of sp³-hybridized carbons (Fsp3) is 0.944. The van der Waals surface area contributed by atoms with Crippen molar-refractivity contribution in [2.75, 3.05) is 19.8 Å².